The average Bonchev–Trinajstić information content (AvgIpc) is 2.55. The molecule has 1 heterocycles. The average molecular weight is 279 g/mol. The molecular weight excluding hydrogens is 262 g/mol. The highest BCUT2D eigenvalue weighted by Gasteiger charge is 2.11. The van der Waals surface area contributed by atoms with Crippen LogP contribution in [0.4, 0.5) is 0 Å². The molecule has 0 aliphatic rings. The molecule has 0 N–H and O–H groups in total. The minimum atomic E-state index is 0.00482. The molecule has 0 spiro atoms. The maximum Gasteiger partial charge on any atom is 0.258 e. The molecule has 1 atom stereocenters. The summed E-state index contributed by atoms with van der Waals surface area (Å²) in [5.41, 5.74) is 1.14. The number of methoxy groups -OCH3 is 1. The number of fused-ring (bicyclic) bond motifs is 1. The predicted molar refractivity (Wildman–Crippen MR) is 85.0 cm³/mol. The number of nitrogens with zero attached hydrogens (tertiary/aromatic N) is 1. The third-order valence-electron chi connectivity index (χ3n) is 3.84. The van der Waals surface area contributed by atoms with Crippen LogP contribution in [0.15, 0.2) is 65.6 Å². The first kappa shape index (κ1) is 13.4. The number of ether oxygens (including phenoxy) is 1. The van der Waals surface area contributed by atoms with Crippen molar-refractivity contribution in [2.75, 3.05) is 7.11 Å². The molecule has 0 amide bonds. The van der Waals surface area contributed by atoms with Crippen LogP contribution in [0.25, 0.3) is 10.8 Å². The Bertz CT molecular complexity index is 821. The van der Waals surface area contributed by atoms with Gasteiger partial charge in [0.05, 0.1) is 13.2 Å². The molecule has 0 saturated carbocycles. The number of pyridine rings is 1. The monoisotopic (exact) mass is 279 g/mol. The summed E-state index contributed by atoms with van der Waals surface area (Å²) in [5.74, 6) is 0.760. The van der Waals surface area contributed by atoms with E-state index < -0.39 is 0 Å². The Labute approximate surface area is 123 Å². The topological polar surface area (TPSA) is 31.2 Å². The second-order valence-corrected chi connectivity index (χ2v) is 5.07. The molecule has 0 fully saturated rings. The zero-order valence-electron chi connectivity index (χ0n) is 12.1. The molecule has 0 saturated heterocycles. The fourth-order valence-electron chi connectivity index (χ4n) is 2.56. The molecule has 0 radical (unpaired) electrons. The molecule has 0 bridgehead atoms. The molecule has 1 unspecified atom stereocenters. The van der Waals surface area contributed by atoms with Crippen LogP contribution < -0.4 is 10.3 Å². The lowest BCUT2D eigenvalue weighted by Crippen LogP contribution is -2.23. The lowest BCUT2D eigenvalue weighted by molar-refractivity contribution is 0.415. The second-order valence-electron chi connectivity index (χ2n) is 5.07. The van der Waals surface area contributed by atoms with Crippen LogP contribution in [0.2, 0.25) is 0 Å². The van der Waals surface area contributed by atoms with Crippen molar-refractivity contribution in [3.05, 3.63) is 76.7 Å². The third-order valence-corrected chi connectivity index (χ3v) is 3.84. The van der Waals surface area contributed by atoms with Gasteiger partial charge in [-0.15, -0.1) is 0 Å². The maximum absolute atomic E-state index is 12.7. The van der Waals surface area contributed by atoms with Crippen molar-refractivity contribution in [3.8, 4) is 5.75 Å². The van der Waals surface area contributed by atoms with Gasteiger partial charge in [0.15, 0.2) is 0 Å². The van der Waals surface area contributed by atoms with Gasteiger partial charge in [-0.2, -0.15) is 0 Å². The molecule has 3 rings (SSSR count). The van der Waals surface area contributed by atoms with E-state index in [4.69, 9.17) is 4.74 Å². The summed E-state index contributed by atoms with van der Waals surface area (Å²) in [7, 11) is 1.62. The van der Waals surface area contributed by atoms with Crippen molar-refractivity contribution >= 4 is 10.8 Å². The summed E-state index contributed by atoms with van der Waals surface area (Å²) in [4.78, 5) is 12.7. The fourth-order valence-corrected chi connectivity index (χ4v) is 2.56. The zero-order chi connectivity index (χ0) is 14.8. The van der Waals surface area contributed by atoms with Crippen molar-refractivity contribution in [2.24, 2.45) is 0 Å². The van der Waals surface area contributed by atoms with E-state index in [0.29, 0.717) is 5.39 Å². The lowest BCUT2D eigenvalue weighted by Gasteiger charge is -2.16. The van der Waals surface area contributed by atoms with E-state index in [1.807, 2.05) is 67.7 Å². The molecule has 3 heteroatoms. The highest BCUT2D eigenvalue weighted by molar-refractivity contribution is 5.82. The highest BCUT2D eigenvalue weighted by atomic mass is 16.5. The molecule has 106 valence electrons. The molecule has 1 aromatic heterocycles. The Balaban J connectivity index is 2.12. The molecule has 3 nitrogen and oxygen atoms in total. The van der Waals surface area contributed by atoms with Crippen molar-refractivity contribution in [1.82, 2.24) is 4.57 Å². The summed E-state index contributed by atoms with van der Waals surface area (Å²) in [6.45, 7) is 2.03. The van der Waals surface area contributed by atoms with E-state index in [2.05, 4.69) is 0 Å². The van der Waals surface area contributed by atoms with Crippen LogP contribution in [0.5, 0.6) is 5.75 Å². The second kappa shape index (κ2) is 5.44. The largest absolute Gasteiger partial charge is 0.497 e. The van der Waals surface area contributed by atoms with Crippen LogP contribution in [0.3, 0.4) is 0 Å². The number of hydrogen-bond acceptors (Lipinski definition) is 2. The van der Waals surface area contributed by atoms with Crippen molar-refractivity contribution in [1.29, 1.82) is 0 Å². The Morgan fingerprint density at radius 2 is 1.81 bits per heavy atom. The number of aromatic nitrogens is 1. The minimum absolute atomic E-state index is 0.00482. The van der Waals surface area contributed by atoms with Crippen LogP contribution >= 0.6 is 0 Å². The van der Waals surface area contributed by atoms with Gasteiger partial charge in [-0.1, -0.05) is 30.3 Å². The van der Waals surface area contributed by atoms with E-state index in [-0.39, 0.29) is 11.6 Å². The molecule has 0 aliphatic heterocycles. The fraction of sp³-hybridized carbons (Fsp3) is 0.167. The van der Waals surface area contributed by atoms with Gasteiger partial charge in [0.1, 0.15) is 5.75 Å². The van der Waals surface area contributed by atoms with E-state index in [1.165, 1.54) is 0 Å². The summed E-state index contributed by atoms with van der Waals surface area (Å²) in [6.07, 6.45) is 1.85. The van der Waals surface area contributed by atoms with Crippen LogP contribution in [0, 0.1) is 0 Å². The zero-order valence-corrected chi connectivity index (χ0v) is 12.1. The number of benzene rings is 2. The van der Waals surface area contributed by atoms with E-state index in [0.717, 1.165) is 16.7 Å². The van der Waals surface area contributed by atoms with Gasteiger partial charge >= 0.3 is 0 Å². The van der Waals surface area contributed by atoms with Crippen molar-refractivity contribution in [2.45, 2.75) is 13.0 Å². The third kappa shape index (κ3) is 2.42. The molecule has 3 aromatic rings. The quantitative estimate of drug-likeness (QED) is 0.733. The summed E-state index contributed by atoms with van der Waals surface area (Å²) in [6, 6.07) is 17.5. The normalized spacial score (nSPS) is 12.3. The predicted octanol–water partition coefficient (Wildman–Crippen LogP) is 3.62. The van der Waals surface area contributed by atoms with Gasteiger partial charge in [-0.3, -0.25) is 4.79 Å². The number of rotatable bonds is 3. The van der Waals surface area contributed by atoms with Crippen LogP contribution in [-0.4, -0.2) is 11.7 Å². The first-order chi connectivity index (χ1) is 10.2. The number of hydrogen-bond donors (Lipinski definition) is 0. The standard InChI is InChI=1S/C18H17NO2/c1-13(14-6-4-3-5-7-14)19-11-10-15-12-16(21-2)8-9-17(15)18(19)20/h3-13H,1-2H3. The highest BCUT2D eigenvalue weighted by Crippen LogP contribution is 2.20. The Hall–Kier alpha value is -2.55. The summed E-state index contributed by atoms with van der Waals surface area (Å²) < 4.78 is 6.97. The van der Waals surface area contributed by atoms with Gasteiger partial charge in [0.2, 0.25) is 0 Å². The van der Waals surface area contributed by atoms with Crippen LogP contribution in [-0.2, 0) is 0 Å². The van der Waals surface area contributed by atoms with E-state index in [1.54, 1.807) is 11.7 Å². The van der Waals surface area contributed by atoms with E-state index in [9.17, 15) is 4.79 Å². The first-order valence-electron chi connectivity index (χ1n) is 6.94. The molecule has 2 aromatic carbocycles. The summed E-state index contributed by atoms with van der Waals surface area (Å²) in [5, 5.41) is 1.61. The van der Waals surface area contributed by atoms with Gasteiger partial charge in [0.25, 0.3) is 5.56 Å². The summed E-state index contributed by atoms with van der Waals surface area (Å²) >= 11 is 0. The van der Waals surface area contributed by atoms with E-state index >= 15 is 0 Å². The van der Waals surface area contributed by atoms with Crippen molar-refractivity contribution in [3.63, 3.8) is 0 Å². The molecule has 21 heavy (non-hydrogen) atoms. The van der Waals surface area contributed by atoms with Crippen LogP contribution in [0.1, 0.15) is 18.5 Å². The Morgan fingerprint density at radius 3 is 2.52 bits per heavy atom. The van der Waals surface area contributed by atoms with Gasteiger partial charge in [-0.05, 0) is 42.1 Å². The first-order valence-corrected chi connectivity index (χ1v) is 6.94. The lowest BCUT2D eigenvalue weighted by atomic mass is 10.1. The smallest absolute Gasteiger partial charge is 0.258 e. The molecule has 0 aliphatic carbocycles. The van der Waals surface area contributed by atoms with Crippen molar-refractivity contribution < 1.29 is 4.74 Å². The van der Waals surface area contributed by atoms with Gasteiger partial charge in [0, 0.05) is 11.6 Å². The van der Waals surface area contributed by atoms with Gasteiger partial charge < -0.3 is 9.30 Å². The SMILES string of the molecule is COc1ccc2c(=O)n(C(C)c3ccccc3)ccc2c1. The Morgan fingerprint density at radius 1 is 1.05 bits per heavy atom. The molecular formula is C18H17NO2. The maximum atomic E-state index is 12.7. The minimum Gasteiger partial charge on any atom is -0.497 e. The van der Waals surface area contributed by atoms with Gasteiger partial charge in [-0.25, -0.2) is 0 Å². The Kier molecular flexibility index (Phi) is 3.48.